The Bertz CT molecular complexity index is 497. The van der Waals surface area contributed by atoms with E-state index >= 15 is 0 Å². The molecule has 0 radical (unpaired) electrons. The maximum absolute atomic E-state index is 5.32. The van der Waals surface area contributed by atoms with E-state index in [1.54, 1.807) is 12.5 Å². The van der Waals surface area contributed by atoms with E-state index in [1.807, 2.05) is 11.6 Å². The zero-order valence-electron chi connectivity index (χ0n) is 9.76. The van der Waals surface area contributed by atoms with Crippen molar-refractivity contribution in [3.05, 3.63) is 18.4 Å². The minimum Gasteiger partial charge on any atom is -0.337 e. The molecule has 6 nitrogen and oxygen atoms in total. The average molecular weight is 233 g/mol. The quantitative estimate of drug-likeness (QED) is 0.846. The molecule has 6 heteroatoms. The Kier molecular flexibility index (Phi) is 2.64. The van der Waals surface area contributed by atoms with Crippen LogP contribution >= 0.6 is 0 Å². The Morgan fingerprint density at radius 3 is 3.12 bits per heavy atom. The molecular weight excluding hydrogens is 218 g/mol. The van der Waals surface area contributed by atoms with Crippen LogP contribution in [0.25, 0.3) is 11.5 Å². The molecule has 0 bridgehead atoms. The smallest absolute Gasteiger partial charge is 0.244 e. The molecule has 1 atom stereocenters. The Morgan fingerprint density at radius 2 is 2.41 bits per heavy atom. The van der Waals surface area contributed by atoms with Crippen LogP contribution in [-0.2, 0) is 7.05 Å². The van der Waals surface area contributed by atoms with Gasteiger partial charge in [0.25, 0.3) is 0 Å². The standard InChI is InChI=1S/C11H15N5O/c1-16-7-12-6-9(16)10-14-11(17-15-10)8-4-2-3-5-13-8/h6-8,13H,2-5H2,1H3/t8-/m1/s1. The molecular formula is C11H15N5O. The number of aryl methyl sites for hydroxylation is 1. The number of hydrogen-bond donors (Lipinski definition) is 1. The molecule has 0 saturated carbocycles. The van der Waals surface area contributed by atoms with Gasteiger partial charge in [0.05, 0.1) is 18.6 Å². The Morgan fingerprint density at radius 1 is 1.47 bits per heavy atom. The number of aromatic nitrogens is 4. The summed E-state index contributed by atoms with van der Waals surface area (Å²) in [6, 6.07) is 0.207. The minimum atomic E-state index is 0.207. The molecule has 0 aromatic carbocycles. The van der Waals surface area contributed by atoms with Crippen LogP contribution in [0.15, 0.2) is 17.0 Å². The van der Waals surface area contributed by atoms with E-state index in [9.17, 15) is 0 Å². The van der Waals surface area contributed by atoms with Gasteiger partial charge in [-0.1, -0.05) is 11.6 Å². The molecule has 0 unspecified atom stereocenters. The van der Waals surface area contributed by atoms with Crippen molar-refractivity contribution in [2.24, 2.45) is 7.05 Å². The van der Waals surface area contributed by atoms with Crippen LogP contribution in [-0.4, -0.2) is 26.2 Å². The molecule has 1 aliphatic heterocycles. The first kappa shape index (κ1) is 10.5. The Hall–Kier alpha value is -1.69. The molecule has 90 valence electrons. The largest absolute Gasteiger partial charge is 0.337 e. The first-order chi connectivity index (χ1) is 8.34. The molecule has 0 amide bonds. The van der Waals surface area contributed by atoms with Gasteiger partial charge in [-0.05, 0) is 19.4 Å². The second kappa shape index (κ2) is 4.29. The number of piperidine rings is 1. The number of nitrogens with zero attached hydrogens (tertiary/aromatic N) is 4. The molecule has 17 heavy (non-hydrogen) atoms. The fourth-order valence-electron chi connectivity index (χ4n) is 2.12. The summed E-state index contributed by atoms with van der Waals surface area (Å²) in [5, 5.41) is 7.40. The predicted molar refractivity (Wildman–Crippen MR) is 61.1 cm³/mol. The van der Waals surface area contributed by atoms with Gasteiger partial charge in [-0.3, -0.25) is 0 Å². The van der Waals surface area contributed by atoms with Gasteiger partial charge in [0.2, 0.25) is 11.7 Å². The summed E-state index contributed by atoms with van der Waals surface area (Å²) in [7, 11) is 1.91. The van der Waals surface area contributed by atoms with E-state index in [1.165, 1.54) is 12.8 Å². The lowest BCUT2D eigenvalue weighted by atomic mass is 10.1. The molecule has 1 fully saturated rings. The highest BCUT2D eigenvalue weighted by Gasteiger charge is 2.21. The molecule has 1 N–H and O–H groups in total. The third-order valence-corrected chi connectivity index (χ3v) is 3.10. The van der Waals surface area contributed by atoms with Gasteiger partial charge < -0.3 is 14.4 Å². The fourth-order valence-corrected chi connectivity index (χ4v) is 2.12. The van der Waals surface area contributed by atoms with Crippen molar-refractivity contribution in [2.45, 2.75) is 25.3 Å². The lowest BCUT2D eigenvalue weighted by molar-refractivity contribution is 0.297. The van der Waals surface area contributed by atoms with Crippen molar-refractivity contribution >= 4 is 0 Å². The van der Waals surface area contributed by atoms with E-state index in [2.05, 4.69) is 20.4 Å². The van der Waals surface area contributed by atoms with Crippen molar-refractivity contribution in [3.63, 3.8) is 0 Å². The third kappa shape index (κ3) is 1.95. The normalized spacial score (nSPS) is 20.6. The fraction of sp³-hybridized carbons (Fsp3) is 0.545. The molecule has 0 aliphatic carbocycles. The van der Waals surface area contributed by atoms with Crippen LogP contribution in [0.4, 0.5) is 0 Å². The number of imidazole rings is 1. The lowest BCUT2D eigenvalue weighted by Crippen LogP contribution is -2.26. The number of nitrogens with one attached hydrogen (secondary N) is 1. The lowest BCUT2D eigenvalue weighted by Gasteiger charge is -2.19. The van der Waals surface area contributed by atoms with Crippen molar-refractivity contribution in [1.29, 1.82) is 0 Å². The molecule has 0 spiro atoms. The van der Waals surface area contributed by atoms with Crippen LogP contribution in [0.5, 0.6) is 0 Å². The van der Waals surface area contributed by atoms with Crippen LogP contribution in [0.2, 0.25) is 0 Å². The van der Waals surface area contributed by atoms with E-state index < -0.39 is 0 Å². The molecule has 1 saturated heterocycles. The zero-order chi connectivity index (χ0) is 11.7. The number of rotatable bonds is 2. The van der Waals surface area contributed by atoms with Crippen molar-refractivity contribution in [2.75, 3.05) is 6.54 Å². The molecule has 3 heterocycles. The highest BCUT2D eigenvalue weighted by atomic mass is 16.5. The van der Waals surface area contributed by atoms with E-state index in [0.29, 0.717) is 11.7 Å². The van der Waals surface area contributed by atoms with Gasteiger partial charge in [-0.2, -0.15) is 4.98 Å². The minimum absolute atomic E-state index is 0.207. The first-order valence-electron chi connectivity index (χ1n) is 5.88. The first-order valence-corrected chi connectivity index (χ1v) is 5.88. The summed E-state index contributed by atoms with van der Waals surface area (Å²) >= 11 is 0. The highest BCUT2D eigenvalue weighted by molar-refractivity contribution is 5.47. The van der Waals surface area contributed by atoms with Gasteiger partial charge >= 0.3 is 0 Å². The van der Waals surface area contributed by atoms with Crippen LogP contribution in [0.3, 0.4) is 0 Å². The highest BCUT2D eigenvalue weighted by Crippen LogP contribution is 2.23. The molecule has 3 rings (SSSR count). The van der Waals surface area contributed by atoms with Gasteiger partial charge in [-0.15, -0.1) is 0 Å². The summed E-state index contributed by atoms with van der Waals surface area (Å²) in [6.45, 7) is 1.02. The monoisotopic (exact) mass is 233 g/mol. The molecule has 1 aliphatic rings. The van der Waals surface area contributed by atoms with Crippen molar-refractivity contribution in [3.8, 4) is 11.5 Å². The Labute approximate surface area is 99.0 Å². The summed E-state index contributed by atoms with van der Waals surface area (Å²) in [4.78, 5) is 8.48. The van der Waals surface area contributed by atoms with E-state index in [-0.39, 0.29) is 6.04 Å². The molecule has 2 aromatic heterocycles. The van der Waals surface area contributed by atoms with Crippen LogP contribution in [0, 0.1) is 0 Å². The topological polar surface area (TPSA) is 68.8 Å². The van der Waals surface area contributed by atoms with Crippen LogP contribution in [0.1, 0.15) is 31.2 Å². The summed E-state index contributed by atoms with van der Waals surface area (Å²) in [5.74, 6) is 1.29. The molecule has 2 aromatic rings. The summed E-state index contributed by atoms with van der Waals surface area (Å²) in [5.41, 5.74) is 0.871. The van der Waals surface area contributed by atoms with E-state index in [4.69, 9.17) is 4.52 Å². The van der Waals surface area contributed by atoms with Gasteiger partial charge in [0, 0.05) is 7.05 Å². The van der Waals surface area contributed by atoms with Gasteiger partial charge in [0.1, 0.15) is 5.69 Å². The van der Waals surface area contributed by atoms with Crippen LogP contribution < -0.4 is 5.32 Å². The summed E-state index contributed by atoms with van der Waals surface area (Å²) in [6.07, 6.45) is 6.96. The Balaban J connectivity index is 1.85. The predicted octanol–water partition coefficient (Wildman–Crippen LogP) is 1.28. The van der Waals surface area contributed by atoms with E-state index in [0.717, 1.165) is 18.7 Å². The second-order valence-electron chi connectivity index (χ2n) is 4.35. The average Bonchev–Trinajstić information content (AvgIpc) is 2.98. The number of hydrogen-bond acceptors (Lipinski definition) is 5. The van der Waals surface area contributed by atoms with Gasteiger partial charge in [0.15, 0.2) is 0 Å². The SMILES string of the molecule is Cn1cncc1-c1noc([C@H]2CCCCN2)n1. The van der Waals surface area contributed by atoms with Crippen molar-refractivity contribution < 1.29 is 4.52 Å². The zero-order valence-corrected chi connectivity index (χ0v) is 9.76. The third-order valence-electron chi connectivity index (χ3n) is 3.10. The van der Waals surface area contributed by atoms with Gasteiger partial charge in [-0.25, -0.2) is 4.98 Å². The summed E-state index contributed by atoms with van der Waals surface area (Å²) < 4.78 is 7.20. The maximum Gasteiger partial charge on any atom is 0.244 e. The van der Waals surface area contributed by atoms with Crippen molar-refractivity contribution in [1.82, 2.24) is 25.0 Å². The second-order valence-corrected chi connectivity index (χ2v) is 4.35. The maximum atomic E-state index is 5.32.